The summed E-state index contributed by atoms with van der Waals surface area (Å²) in [6.07, 6.45) is 6.45. The van der Waals surface area contributed by atoms with Crippen molar-refractivity contribution in [3.05, 3.63) is 34.5 Å². The Morgan fingerprint density at radius 2 is 2.00 bits per heavy atom. The number of rotatable bonds is 5. The summed E-state index contributed by atoms with van der Waals surface area (Å²) in [4.78, 5) is 5.99. The van der Waals surface area contributed by atoms with Crippen LogP contribution in [0.15, 0.2) is 18.2 Å². The van der Waals surface area contributed by atoms with E-state index in [0.29, 0.717) is 5.92 Å². The van der Waals surface area contributed by atoms with Crippen LogP contribution in [0.4, 0.5) is 9.52 Å². The lowest BCUT2D eigenvalue weighted by Gasteiger charge is -2.28. The summed E-state index contributed by atoms with van der Waals surface area (Å²) < 4.78 is 38.5. The fourth-order valence-corrected chi connectivity index (χ4v) is 5.91. The summed E-state index contributed by atoms with van der Waals surface area (Å²) in [5, 5.41) is 9.39. The summed E-state index contributed by atoms with van der Waals surface area (Å²) in [6, 6.07) is 4.94. The van der Waals surface area contributed by atoms with Crippen molar-refractivity contribution in [1.29, 1.82) is 0 Å². The van der Waals surface area contributed by atoms with E-state index in [-0.39, 0.29) is 11.9 Å². The molecule has 2 aliphatic carbocycles. The number of nitrogens with two attached hydrogens (primary N) is 1. The molecule has 6 nitrogen and oxygen atoms in total. The number of aromatic nitrogens is 1. The number of nitrogens with one attached hydrogen (secondary N) is 2. The van der Waals surface area contributed by atoms with Crippen LogP contribution in [0.2, 0.25) is 0 Å². The number of benzene rings is 1. The fourth-order valence-electron chi connectivity index (χ4n) is 4.18. The van der Waals surface area contributed by atoms with Gasteiger partial charge >= 0.3 is 0 Å². The molecule has 1 heterocycles. The topological polar surface area (TPSA) is 97.1 Å². The molecule has 2 aliphatic rings. The highest BCUT2D eigenvalue weighted by Gasteiger charge is 2.24. The van der Waals surface area contributed by atoms with E-state index in [0.717, 1.165) is 73.4 Å². The van der Waals surface area contributed by atoms with Crippen molar-refractivity contribution in [3.63, 3.8) is 0 Å². The average Bonchev–Trinajstić information content (AvgIpc) is 2.96. The van der Waals surface area contributed by atoms with E-state index in [1.807, 2.05) is 6.07 Å². The molecule has 0 atom stereocenters. The fraction of sp³-hybridized carbons (Fsp3) is 0.526. The molecule has 1 aromatic carbocycles. The third-order valence-corrected chi connectivity index (χ3v) is 7.33. The van der Waals surface area contributed by atoms with Gasteiger partial charge in [-0.15, -0.1) is 11.3 Å². The molecular weight excluding hydrogens is 399 g/mol. The molecule has 1 aromatic heterocycles. The van der Waals surface area contributed by atoms with Gasteiger partial charge in [-0.05, 0) is 68.6 Å². The van der Waals surface area contributed by atoms with Crippen LogP contribution in [0, 0.1) is 11.7 Å². The van der Waals surface area contributed by atoms with E-state index < -0.39 is 10.2 Å². The molecule has 4 N–H and O–H groups in total. The van der Waals surface area contributed by atoms with Gasteiger partial charge in [-0.3, -0.25) is 0 Å². The Morgan fingerprint density at radius 3 is 2.75 bits per heavy atom. The van der Waals surface area contributed by atoms with Gasteiger partial charge in [-0.1, -0.05) is 6.07 Å². The molecule has 2 aromatic rings. The maximum Gasteiger partial charge on any atom is 0.274 e. The Labute approximate surface area is 168 Å². The van der Waals surface area contributed by atoms with Crippen molar-refractivity contribution < 1.29 is 12.8 Å². The Kier molecular flexibility index (Phi) is 5.69. The van der Waals surface area contributed by atoms with Crippen LogP contribution < -0.4 is 15.2 Å². The van der Waals surface area contributed by atoms with Gasteiger partial charge in [0.1, 0.15) is 5.82 Å². The van der Waals surface area contributed by atoms with Crippen molar-refractivity contribution in [3.8, 4) is 11.3 Å². The molecule has 0 spiro atoms. The zero-order valence-corrected chi connectivity index (χ0v) is 17.2. The maximum atomic E-state index is 13.8. The van der Waals surface area contributed by atoms with Crippen LogP contribution in [0.25, 0.3) is 11.3 Å². The Bertz CT molecular complexity index is 953. The number of halogens is 1. The van der Waals surface area contributed by atoms with Gasteiger partial charge in [0.25, 0.3) is 10.2 Å². The molecule has 0 saturated heterocycles. The lowest BCUT2D eigenvalue weighted by atomic mass is 9.86. The third-order valence-electron chi connectivity index (χ3n) is 5.59. The number of thiazole rings is 1. The first-order valence-corrected chi connectivity index (χ1v) is 12.1. The maximum absolute atomic E-state index is 13.8. The smallest absolute Gasteiger partial charge is 0.274 e. The predicted octanol–water partition coefficient (Wildman–Crippen LogP) is 3.20. The first kappa shape index (κ1) is 19.8. The lowest BCUT2D eigenvalue weighted by Crippen LogP contribution is -2.41. The first-order chi connectivity index (χ1) is 13.4. The van der Waals surface area contributed by atoms with Crippen LogP contribution in [0.3, 0.4) is 0 Å². The van der Waals surface area contributed by atoms with Crippen molar-refractivity contribution >= 4 is 26.7 Å². The summed E-state index contributed by atoms with van der Waals surface area (Å²) in [7, 11) is -3.63. The van der Waals surface area contributed by atoms with Crippen molar-refractivity contribution in [1.82, 2.24) is 9.71 Å². The van der Waals surface area contributed by atoms with Gasteiger partial charge in [0.15, 0.2) is 5.13 Å². The zero-order chi connectivity index (χ0) is 19.7. The van der Waals surface area contributed by atoms with E-state index in [4.69, 9.17) is 10.1 Å². The highest BCUT2D eigenvalue weighted by Crippen LogP contribution is 2.37. The number of anilines is 1. The Hall–Kier alpha value is -1.55. The molecule has 0 aliphatic heterocycles. The zero-order valence-electron chi connectivity index (χ0n) is 15.6. The number of nitrogens with zero attached hydrogens (tertiary/aromatic N) is 1. The van der Waals surface area contributed by atoms with Crippen LogP contribution >= 0.6 is 11.3 Å². The number of hydrogen-bond donors (Lipinski definition) is 3. The summed E-state index contributed by atoms with van der Waals surface area (Å²) in [5.41, 5.74) is 3.00. The Balaban J connectivity index is 1.39. The van der Waals surface area contributed by atoms with Crippen molar-refractivity contribution in [2.24, 2.45) is 11.1 Å². The van der Waals surface area contributed by atoms with Crippen LogP contribution in [-0.4, -0.2) is 26.0 Å². The highest BCUT2D eigenvalue weighted by molar-refractivity contribution is 7.87. The van der Waals surface area contributed by atoms with Gasteiger partial charge in [-0.25, -0.2) is 14.5 Å². The van der Waals surface area contributed by atoms with E-state index in [9.17, 15) is 12.8 Å². The third kappa shape index (κ3) is 4.71. The van der Waals surface area contributed by atoms with E-state index >= 15 is 0 Å². The normalized spacial score (nSPS) is 22.2. The second kappa shape index (κ2) is 8.06. The average molecular weight is 425 g/mol. The number of hydrogen-bond acceptors (Lipinski definition) is 5. The SMILES string of the molecule is NS(=O)(=O)NC1CCC(CNc2nc3c(s2)CCCc2ccc(F)cc2-3)CC1. The molecule has 4 rings (SSSR count). The molecule has 1 fully saturated rings. The molecule has 0 bridgehead atoms. The molecular formula is C19H25FN4O2S2. The Morgan fingerprint density at radius 1 is 1.21 bits per heavy atom. The molecule has 1 saturated carbocycles. The lowest BCUT2D eigenvalue weighted by molar-refractivity contribution is 0.324. The highest BCUT2D eigenvalue weighted by atomic mass is 32.2. The second-order valence-electron chi connectivity index (χ2n) is 7.71. The molecule has 9 heteroatoms. The van der Waals surface area contributed by atoms with Crippen molar-refractivity contribution in [2.75, 3.05) is 11.9 Å². The first-order valence-electron chi connectivity index (χ1n) is 9.70. The van der Waals surface area contributed by atoms with Crippen LogP contribution in [-0.2, 0) is 23.1 Å². The van der Waals surface area contributed by atoms with Crippen LogP contribution in [0.1, 0.15) is 42.5 Å². The molecule has 0 unspecified atom stereocenters. The quantitative estimate of drug-likeness (QED) is 0.687. The molecule has 28 heavy (non-hydrogen) atoms. The molecule has 0 amide bonds. The minimum atomic E-state index is -3.63. The van der Waals surface area contributed by atoms with Gasteiger partial charge < -0.3 is 5.32 Å². The number of aryl methyl sites for hydroxylation is 2. The summed E-state index contributed by atoms with van der Waals surface area (Å²) >= 11 is 1.66. The molecule has 152 valence electrons. The van der Waals surface area contributed by atoms with E-state index in [1.54, 1.807) is 17.4 Å². The largest absolute Gasteiger partial charge is 0.361 e. The summed E-state index contributed by atoms with van der Waals surface area (Å²) in [6.45, 7) is 0.810. The van der Waals surface area contributed by atoms with Crippen LogP contribution in [0.5, 0.6) is 0 Å². The van der Waals surface area contributed by atoms with E-state index in [1.165, 1.54) is 10.9 Å². The standard InChI is InChI=1S/C19H25FN4O2S2/c20-14-7-6-13-2-1-3-17-18(16(13)10-14)23-19(27-17)22-11-12-4-8-15(9-5-12)24-28(21,25)26/h6-7,10,12,15,24H,1-5,8-9,11H2,(H,22,23)(H2,21,25,26). The predicted molar refractivity (Wildman–Crippen MR) is 110 cm³/mol. The van der Waals surface area contributed by atoms with Gasteiger partial charge in [0.05, 0.1) is 5.69 Å². The summed E-state index contributed by atoms with van der Waals surface area (Å²) in [5.74, 6) is 0.255. The monoisotopic (exact) mass is 424 g/mol. The minimum absolute atomic E-state index is 0.0615. The van der Waals surface area contributed by atoms with Crippen molar-refractivity contribution in [2.45, 2.75) is 51.0 Å². The minimum Gasteiger partial charge on any atom is -0.361 e. The van der Waals surface area contributed by atoms with E-state index in [2.05, 4.69) is 10.0 Å². The molecule has 0 radical (unpaired) electrons. The second-order valence-corrected chi connectivity index (χ2v) is 10.1. The van der Waals surface area contributed by atoms with Gasteiger partial charge in [-0.2, -0.15) is 13.1 Å². The van der Waals surface area contributed by atoms with Gasteiger partial charge in [0, 0.05) is 23.0 Å². The van der Waals surface area contributed by atoms with Gasteiger partial charge in [0.2, 0.25) is 0 Å². The number of fused-ring (bicyclic) bond motifs is 3.